The Kier molecular flexibility index (Phi) is 6.18. The lowest BCUT2D eigenvalue weighted by Gasteiger charge is -2.25. The van der Waals surface area contributed by atoms with Gasteiger partial charge in [-0.05, 0) is 34.1 Å². The van der Waals surface area contributed by atoms with Gasteiger partial charge in [-0.3, -0.25) is 9.59 Å². The molecule has 0 aliphatic rings. The van der Waals surface area contributed by atoms with Gasteiger partial charge < -0.3 is 14.9 Å². The maximum absolute atomic E-state index is 12.4. The van der Waals surface area contributed by atoms with Crippen molar-refractivity contribution in [1.82, 2.24) is 4.90 Å². The van der Waals surface area contributed by atoms with Crippen molar-refractivity contribution < 1.29 is 14.7 Å². The number of para-hydroxylation sites is 1. The Morgan fingerprint density at radius 1 is 1.22 bits per heavy atom. The number of anilines is 1. The molecule has 0 fully saturated rings. The van der Waals surface area contributed by atoms with Crippen molar-refractivity contribution in [3.63, 3.8) is 0 Å². The van der Waals surface area contributed by atoms with E-state index in [4.69, 9.17) is 5.11 Å². The number of carboxylic acids is 1. The highest BCUT2D eigenvalue weighted by molar-refractivity contribution is 9.10. The maximum atomic E-state index is 12.4. The monoisotopic (exact) mass is 396 g/mol. The fraction of sp³-hybridized carbons (Fsp3) is 0.250. The number of carbonyl (C=O) groups is 2. The van der Waals surface area contributed by atoms with Crippen LogP contribution >= 0.6 is 27.3 Å². The summed E-state index contributed by atoms with van der Waals surface area (Å²) >= 11 is 4.96. The smallest absolute Gasteiger partial charge is 0.323 e. The first kappa shape index (κ1) is 17.5. The van der Waals surface area contributed by atoms with E-state index < -0.39 is 5.97 Å². The van der Waals surface area contributed by atoms with Gasteiger partial charge in [0.25, 0.3) is 0 Å². The lowest BCUT2D eigenvalue weighted by atomic mass is 10.2. The topological polar surface area (TPSA) is 60.9 Å². The van der Waals surface area contributed by atoms with Crippen LogP contribution in [0.5, 0.6) is 0 Å². The van der Waals surface area contributed by atoms with E-state index in [0.29, 0.717) is 6.54 Å². The number of hydrogen-bond donors (Lipinski definition) is 1. The highest BCUT2D eigenvalue weighted by Crippen LogP contribution is 2.21. The predicted octanol–water partition coefficient (Wildman–Crippen LogP) is 3.06. The first-order valence-corrected chi connectivity index (χ1v) is 8.61. The molecule has 1 aromatic carbocycles. The van der Waals surface area contributed by atoms with E-state index in [1.807, 2.05) is 29.6 Å². The third-order valence-electron chi connectivity index (χ3n) is 3.21. The maximum Gasteiger partial charge on any atom is 0.323 e. The van der Waals surface area contributed by atoms with Crippen LogP contribution in [-0.2, 0) is 16.1 Å². The summed E-state index contributed by atoms with van der Waals surface area (Å²) < 4.78 is 0.995. The van der Waals surface area contributed by atoms with E-state index in [1.54, 1.807) is 40.3 Å². The second kappa shape index (κ2) is 8.12. The molecule has 0 spiro atoms. The van der Waals surface area contributed by atoms with Crippen LogP contribution in [0.15, 0.2) is 46.3 Å². The first-order chi connectivity index (χ1) is 11.0. The molecule has 1 aromatic heterocycles. The molecule has 1 amide bonds. The molecule has 0 bridgehead atoms. The van der Waals surface area contributed by atoms with Crippen LogP contribution in [0.4, 0.5) is 5.69 Å². The van der Waals surface area contributed by atoms with Crippen LogP contribution in [0.2, 0.25) is 0 Å². The van der Waals surface area contributed by atoms with Crippen LogP contribution in [0.25, 0.3) is 0 Å². The minimum atomic E-state index is -0.966. The number of likely N-dealkylation sites (N-methyl/N-ethyl adjacent to an activating group) is 1. The minimum absolute atomic E-state index is 0.0271. The Morgan fingerprint density at radius 2 is 1.91 bits per heavy atom. The van der Waals surface area contributed by atoms with Gasteiger partial charge in [0.05, 0.1) is 13.1 Å². The fourth-order valence-electron chi connectivity index (χ4n) is 2.08. The summed E-state index contributed by atoms with van der Waals surface area (Å²) in [6, 6.07) is 11.1. The average Bonchev–Trinajstić information content (AvgIpc) is 2.92. The summed E-state index contributed by atoms with van der Waals surface area (Å²) in [4.78, 5) is 27.7. The van der Waals surface area contributed by atoms with E-state index in [2.05, 4.69) is 15.9 Å². The molecular formula is C16H17BrN2O3S. The molecule has 0 atom stereocenters. The number of carboxylic acid groups (broad SMARTS) is 1. The van der Waals surface area contributed by atoms with Gasteiger partial charge in [-0.1, -0.05) is 18.2 Å². The molecule has 0 saturated heterocycles. The normalized spacial score (nSPS) is 10.3. The van der Waals surface area contributed by atoms with Gasteiger partial charge in [0.1, 0.15) is 6.54 Å². The predicted molar refractivity (Wildman–Crippen MR) is 94.8 cm³/mol. The first-order valence-electron chi connectivity index (χ1n) is 6.94. The number of benzene rings is 1. The zero-order chi connectivity index (χ0) is 16.8. The molecule has 0 unspecified atom stereocenters. The summed E-state index contributed by atoms with van der Waals surface area (Å²) in [7, 11) is 1.72. The van der Waals surface area contributed by atoms with Gasteiger partial charge in [-0.2, -0.15) is 0 Å². The summed E-state index contributed by atoms with van der Waals surface area (Å²) in [5.41, 5.74) is 0.718. The number of aliphatic carboxylic acids is 1. The standard InChI is InChI=1S/C16H17BrN2O3S/c1-18(8-14-7-12(17)11-23-14)15(20)9-19(10-16(21)22)13-5-3-2-4-6-13/h2-7,11H,8-10H2,1H3,(H,21,22). The van der Waals surface area contributed by atoms with E-state index in [9.17, 15) is 9.59 Å². The fourth-order valence-corrected chi connectivity index (χ4v) is 3.59. The van der Waals surface area contributed by atoms with Crippen molar-refractivity contribution in [3.8, 4) is 0 Å². The molecular weight excluding hydrogens is 380 g/mol. The van der Waals surface area contributed by atoms with Crippen molar-refractivity contribution in [2.75, 3.05) is 25.0 Å². The number of thiophene rings is 1. The van der Waals surface area contributed by atoms with Crippen LogP contribution in [0, 0.1) is 0 Å². The lowest BCUT2D eigenvalue weighted by molar-refractivity contribution is -0.135. The van der Waals surface area contributed by atoms with Gasteiger partial charge in [-0.15, -0.1) is 11.3 Å². The van der Waals surface area contributed by atoms with Gasteiger partial charge in [0.2, 0.25) is 5.91 Å². The molecule has 2 aromatic rings. The molecule has 5 nitrogen and oxygen atoms in total. The Bertz CT molecular complexity index is 675. The molecule has 2 rings (SSSR count). The molecule has 7 heteroatoms. The van der Waals surface area contributed by atoms with Gasteiger partial charge >= 0.3 is 5.97 Å². The number of carbonyl (C=O) groups excluding carboxylic acids is 1. The number of halogens is 1. The number of rotatable bonds is 7. The van der Waals surface area contributed by atoms with E-state index >= 15 is 0 Å². The summed E-state index contributed by atoms with van der Waals surface area (Å²) in [6.45, 7) is 0.318. The van der Waals surface area contributed by atoms with Crippen molar-refractivity contribution in [1.29, 1.82) is 0 Å². The minimum Gasteiger partial charge on any atom is -0.480 e. The van der Waals surface area contributed by atoms with E-state index in [0.717, 1.165) is 15.0 Å². The van der Waals surface area contributed by atoms with Crippen LogP contribution in [0.1, 0.15) is 4.88 Å². The third kappa shape index (κ3) is 5.37. The molecule has 0 radical (unpaired) electrons. The lowest BCUT2D eigenvalue weighted by Crippen LogP contribution is -2.40. The number of nitrogens with zero attached hydrogens (tertiary/aromatic N) is 2. The van der Waals surface area contributed by atoms with Crippen LogP contribution in [0.3, 0.4) is 0 Å². The molecule has 122 valence electrons. The Labute approximate surface area is 147 Å². The summed E-state index contributed by atoms with van der Waals surface area (Å²) in [5, 5.41) is 11.0. The highest BCUT2D eigenvalue weighted by atomic mass is 79.9. The van der Waals surface area contributed by atoms with E-state index in [-0.39, 0.29) is 19.0 Å². The van der Waals surface area contributed by atoms with Gasteiger partial charge in [-0.25, -0.2) is 0 Å². The molecule has 1 N–H and O–H groups in total. The quantitative estimate of drug-likeness (QED) is 0.780. The summed E-state index contributed by atoms with van der Waals surface area (Å²) in [5.74, 6) is -1.09. The zero-order valence-corrected chi connectivity index (χ0v) is 15.0. The second-order valence-electron chi connectivity index (χ2n) is 5.07. The highest BCUT2D eigenvalue weighted by Gasteiger charge is 2.18. The van der Waals surface area contributed by atoms with E-state index in [1.165, 1.54) is 0 Å². The van der Waals surface area contributed by atoms with Crippen LogP contribution < -0.4 is 4.90 Å². The number of hydrogen-bond acceptors (Lipinski definition) is 4. The van der Waals surface area contributed by atoms with Crippen molar-refractivity contribution in [2.45, 2.75) is 6.54 Å². The molecule has 1 heterocycles. The Hall–Kier alpha value is -1.86. The summed E-state index contributed by atoms with van der Waals surface area (Å²) in [6.07, 6.45) is 0. The number of amides is 1. The molecule has 23 heavy (non-hydrogen) atoms. The van der Waals surface area contributed by atoms with Crippen molar-refractivity contribution in [3.05, 3.63) is 51.1 Å². The Balaban J connectivity index is 2.03. The van der Waals surface area contributed by atoms with Crippen molar-refractivity contribution >= 4 is 44.8 Å². The molecule has 0 aliphatic carbocycles. The SMILES string of the molecule is CN(Cc1cc(Br)cs1)C(=O)CN(CC(=O)O)c1ccccc1. The molecule has 0 aliphatic heterocycles. The largest absolute Gasteiger partial charge is 0.480 e. The van der Waals surface area contributed by atoms with Crippen molar-refractivity contribution in [2.24, 2.45) is 0 Å². The van der Waals surface area contributed by atoms with Crippen LogP contribution in [-0.4, -0.2) is 42.0 Å². The van der Waals surface area contributed by atoms with Gasteiger partial charge in [0, 0.05) is 27.5 Å². The third-order valence-corrected chi connectivity index (χ3v) is 4.90. The average molecular weight is 397 g/mol. The molecule has 0 saturated carbocycles. The van der Waals surface area contributed by atoms with Gasteiger partial charge in [0.15, 0.2) is 0 Å². The Morgan fingerprint density at radius 3 is 2.48 bits per heavy atom. The second-order valence-corrected chi connectivity index (χ2v) is 6.98. The zero-order valence-electron chi connectivity index (χ0n) is 12.6.